The smallest absolute Gasteiger partial charge is 0.263 e. The van der Waals surface area contributed by atoms with E-state index in [1.165, 1.54) is 11.0 Å². The molecule has 3 amide bonds. The third-order valence-corrected chi connectivity index (χ3v) is 8.37. The molecular formula is C32H33FN4O4. The van der Waals surface area contributed by atoms with Crippen molar-refractivity contribution >= 4 is 29.1 Å². The molecule has 0 radical (unpaired) electrons. The molecule has 0 bridgehead atoms. The molecule has 0 spiro atoms. The third kappa shape index (κ3) is 5.12. The molecule has 3 aromatic rings. The molecule has 6 rings (SSSR count). The second kappa shape index (κ2) is 11.2. The molecule has 1 unspecified atom stereocenters. The fourth-order valence-corrected chi connectivity index (χ4v) is 6.17. The van der Waals surface area contributed by atoms with Crippen LogP contribution < -0.4 is 14.5 Å². The Kier molecular flexibility index (Phi) is 7.34. The van der Waals surface area contributed by atoms with E-state index >= 15 is 0 Å². The first-order chi connectivity index (χ1) is 19.9. The normalized spacial score (nSPS) is 19.0. The van der Waals surface area contributed by atoms with Gasteiger partial charge in [-0.15, -0.1) is 0 Å². The van der Waals surface area contributed by atoms with Gasteiger partial charge in [0.05, 0.1) is 42.1 Å². The monoisotopic (exact) mass is 556 g/mol. The first-order valence-corrected chi connectivity index (χ1v) is 14.1. The largest absolute Gasteiger partial charge is 0.497 e. The summed E-state index contributed by atoms with van der Waals surface area (Å²) in [7, 11) is 1.59. The van der Waals surface area contributed by atoms with Crippen LogP contribution in [0.2, 0.25) is 0 Å². The summed E-state index contributed by atoms with van der Waals surface area (Å²) in [5, 5.41) is 0. The van der Waals surface area contributed by atoms with Gasteiger partial charge in [-0.05, 0) is 54.8 Å². The van der Waals surface area contributed by atoms with Crippen molar-refractivity contribution in [2.45, 2.75) is 19.4 Å². The quantitative estimate of drug-likeness (QED) is 0.424. The minimum absolute atomic E-state index is 0.0963. The second-order valence-corrected chi connectivity index (χ2v) is 10.8. The maximum Gasteiger partial charge on any atom is 0.263 e. The fraction of sp³-hybridized carbons (Fsp3) is 0.344. The van der Waals surface area contributed by atoms with Gasteiger partial charge in [-0.2, -0.15) is 0 Å². The van der Waals surface area contributed by atoms with Crippen molar-refractivity contribution in [1.82, 2.24) is 9.80 Å². The number of imide groups is 1. The molecule has 0 aliphatic carbocycles. The van der Waals surface area contributed by atoms with E-state index in [9.17, 15) is 18.8 Å². The van der Waals surface area contributed by atoms with Crippen molar-refractivity contribution in [3.05, 3.63) is 89.2 Å². The van der Waals surface area contributed by atoms with E-state index in [0.29, 0.717) is 67.5 Å². The highest BCUT2D eigenvalue weighted by atomic mass is 19.1. The molecule has 9 heteroatoms. The number of hydrogen-bond acceptors (Lipinski definition) is 6. The second-order valence-electron chi connectivity index (χ2n) is 10.8. The molecule has 41 heavy (non-hydrogen) atoms. The molecule has 3 heterocycles. The molecule has 3 aliphatic rings. The number of para-hydroxylation sites is 1. The van der Waals surface area contributed by atoms with Crippen molar-refractivity contribution in [2.75, 3.05) is 56.2 Å². The summed E-state index contributed by atoms with van der Waals surface area (Å²) >= 11 is 0. The number of halogens is 1. The molecular weight excluding hydrogens is 523 g/mol. The summed E-state index contributed by atoms with van der Waals surface area (Å²) in [6.45, 7) is 3.61. The molecule has 2 fully saturated rings. The van der Waals surface area contributed by atoms with Gasteiger partial charge >= 0.3 is 0 Å². The number of benzene rings is 3. The zero-order valence-corrected chi connectivity index (χ0v) is 23.1. The zero-order valence-electron chi connectivity index (χ0n) is 23.1. The van der Waals surface area contributed by atoms with Gasteiger partial charge in [0.1, 0.15) is 11.6 Å². The summed E-state index contributed by atoms with van der Waals surface area (Å²) in [4.78, 5) is 47.7. The molecule has 2 saturated heterocycles. The van der Waals surface area contributed by atoms with Crippen molar-refractivity contribution in [3.63, 3.8) is 0 Å². The number of hydrogen-bond donors (Lipinski definition) is 0. The van der Waals surface area contributed by atoms with Crippen molar-refractivity contribution in [3.8, 4) is 5.75 Å². The van der Waals surface area contributed by atoms with Crippen molar-refractivity contribution in [2.24, 2.45) is 5.92 Å². The molecule has 212 valence electrons. The van der Waals surface area contributed by atoms with E-state index < -0.39 is 0 Å². The van der Waals surface area contributed by atoms with Crippen LogP contribution in [-0.2, 0) is 11.3 Å². The van der Waals surface area contributed by atoms with Gasteiger partial charge in [0.25, 0.3) is 11.8 Å². The van der Waals surface area contributed by atoms with E-state index in [1.807, 2.05) is 52.3 Å². The predicted octanol–water partition coefficient (Wildman–Crippen LogP) is 4.20. The van der Waals surface area contributed by atoms with E-state index in [1.54, 1.807) is 25.3 Å². The first kappa shape index (κ1) is 26.8. The van der Waals surface area contributed by atoms with Gasteiger partial charge in [-0.25, -0.2) is 4.39 Å². The fourth-order valence-electron chi connectivity index (χ4n) is 6.17. The van der Waals surface area contributed by atoms with Gasteiger partial charge in [-0.1, -0.05) is 30.3 Å². The van der Waals surface area contributed by atoms with Crippen LogP contribution in [0.5, 0.6) is 5.75 Å². The van der Waals surface area contributed by atoms with Gasteiger partial charge < -0.3 is 19.4 Å². The van der Waals surface area contributed by atoms with Crippen LogP contribution >= 0.6 is 0 Å². The number of piperidine rings is 1. The topological polar surface area (TPSA) is 73.4 Å². The summed E-state index contributed by atoms with van der Waals surface area (Å²) in [6, 6.07) is 19.4. The predicted molar refractivity (Wildman–Crippen MR) is 154 cm³/mol. The summed E-state index contributed by atoms with van der Waals surface area (Å²) in [5.41, 5.74) is 2.93. The Bertz CT molecular complexity index is 1470. The highest BCUT2D eigenvalue weighted by Crippen LogP contribution is 2.35. The first-order valence-electron chi connectivity index (χ1n) is 14.1. The van der Waals surface area contributed by atoms with Crippen molar-refractivity contribution in [1.29, 1.82) is 0 Å². The molecule has 0 saturated carbocycles. The lowest BCUT2D eigenvalue weighted by Gasteiger charge is -2.40. The Morgan fingerprint density at radius 3 is 2.32 bits per heavy atom. The van der Waals surface area contributed by atoms with Gasteiger partial charge in [0, 0.05) is 39.3 Å². The SMILES string of the molecule is COc1ccc(CN2C(=O)c3cccc(N4CCCC(C(=O)N5CCN(c6ccccc6F)CC5)C4)c3C2=O)cc1. The van der Waals surface area contributed by atoms with E-state index in [-0.39, 0.29) is 36.0 Å². The number of piperazine rings is 1. The highest BCUT2D eigenvalue weighted by molar-refractivity contribution is 6.23. The van der Waals surface area contributed by atoms with E-state index in [4.69, 9.17) is 4.74 Å². The number of ether oxygens (including phenoxy) is 1. The number of rotatable bonds is 6. The summed E-state index contributed by atoms with van der Waals surface area (Å²) in [5.74, 6) is -0.267. The Balaban J connectivity index is 1.14. The number of anilines is 2. The molecule has 1 atom stereocenters. The van der Waals surface area contributed by atoms with Crippen molar-refractivity contribution < 1.29 is 23.5 Å². The number of methoxy groups -OCH3 is 1. The molecule has 0 N–H and O–H groups in total. The van der Waals surface area contributed by atoms with Crippen LogP contribution in [0.25, 0.3) is 0 Å². The van der Waals surface area contributed by atoms with Gasteiger partial charge in [-0.3, -0.25) is 19.3 Å². The summed E-state index contributed by atoms with van der Waals surface area (Å²) < 4.78 is 19.5. The number of fused-ring (bicyclic) bond motifs is 1. The van der Waals surface area contributed by atoms with Crippen LogP contribution in [0.15, 0.2) is 66.7 Å². The lowest BCUT2D eigenvalue weighted by molar-refractivity contribution is -0.136. The Labute approximate surface area is 238 Å². The van der Waals surface area contributed by atoms with Gasteiger partial charge in [0.15, 0.2) is 0 Å². The lowest BCUT2D eigenvalue weighted by Crippen LogP contribution is -2.53. The number of amides is 3. The maximum absolute atomic E-state index is 14.3. The van der Waals surface area contributed by atoms with Crippen LogP contribution in [-0.4, -0.2) is 73.9 Å². The number of carbonyl (C=O) groups excluding carboxylic acids is 3. The number of nitrogens with zero attached hydrogens (tertiary/aromatic N) is 4. The van der Waals surface area contributed by atoms with Crippen LogP contribution in [0.3, 0.4) is 0 Å². The number of carbonyl (C=O) groups is 3. The third-order valence-electron chi connectivity index (χ3n) is 8.37. The zero-order chi connectivity index (χ0) is 28.5. The Morgan fingerprint density at radius 2 is 1.59 bits per heavy atom. The van der Waals surface area contributed by atoms with E-state index in [0.717, 1.165) is 18.4 Å². The molecule has 8 nitrogen and oxygen atoms in total. The van der Waals surface area contributed by atoms with Crippen LogP contribution in [0.4, 0.5) is 15.8 Å². The minimum atomic E-state index is -0.311. The van der Waals surface area contributed by atoms with E-state index in [2.05, 4.69) is 4.90 Å². The molecule has 3 aromatic carbocycles. The average Bonchev–Trinajstić information content (AvgIpc) is 3.26. The van der Waals surface area contributed by atoms with Crippen LogP contribution in [0.1, 0.15) is 39.1 Å². The minimum Gasteiger partial charge on any atom is -0.497 e. The maximum atomic E-state index is 14.3. The lowest BCUT2D eigenvalue weighted by atomic mass is 9.94. The standard InChI is InChI=1S/C32H33FN4O4/c1-41-24-13-11-22(12-14-24)20-37-31(39)25-7-4-10-28(29(25)32(37)40)36-15-5-6-23(21-36)30(38)35-18-16-34(17-19-35)27-9-3-2-8-26(27)33/h2-4,7-14,23H,5-6,15-21H2,1H3. The van der Waals surface area contributed by atoms with Gasteiger partial charge in [0.2, 0.25) is 5.91 Å². The van der Waals surface area contributed by atoms with Crippen LogP contribution in [0, 0.1) is 11.7 Å². The molecule has 0 aromatic heterocycles. The Morgan fingerprint density at radius 1 is 0.854 bits per heavy atom. The highest BCUT2D eigenvalue weighted by Gasteiger charge is 2.40. The average molecular weight is 557 g/mol. The molecule has 3 aliphatic heterocycles. The summed E-state index contributed by atoms with van der Waals surface area (Å²) in [6.07, 6.45) is 1.58. The Hall–Kier alpha value is -4.40.